The molecule has 4 nitrogen and oxygen atoms in total. The van der Waals surface area contributed by atoms with Crippen molar-refractivity contribution >= 4 is 22.2 Å². The highest BCUT2D eigenvalue weighted by atomic mass is 19.4. The molecule has 0 aliphatic carbocycles. The molecule has 0 saturated heterocycles. The van der Waals surface area contributed by atoms with Crippen LogP contribution in [0.3, 0.4) is 0 Å². The van der Waals surface area contributed by atoms with Gasteiger partial charge in [-0.1, -0.05) is 48.0 Å². The predicted molar refractivity (Wildman–Crippen MR) is 137 cm³/mol. The molecule has 0 fully saturated rings. The molecule has 4 aromatic carbocycles. The van der Waals surface area contributed by atoms with Gasteiger partial charge >= 0.3 is 12.4 Å². The zero-order valence-corrected chi connectivity index (χ0v) is 20.6. The fraction of sp³-hybridized carbons (Fsp3) is 0.133. The van der Waals surface area contributed by atoms with Gasteiger partial charge in [0.15, 0.2) is 11.2 Å². The molecule has 10 heteroatoms. The molecule has 0 unspecified atom stereocenters. The van der Waals surface area contributed by atoms with Crippen LogP contribution in [0.1, 0.15) is 16.7 Å². The van der Waals surface area contributed by atoms with Crippen LogP contribution in [0.25, 0.3) is 45.1 Å². The van der Waals surface area contributed by atoms with E-state index in [1.807, 2.05) is 6.92 Å². The molecular formula is C30H18F6N2O2. The Morgan fingerprint density at radius 3 is 1.45 bits per heavy atom. The van der Waals surface area contributed by atoms with E-state index in [0.29, 0.717) is 11.1 Å². The minimum absolute atomic E-state index is 0.0514. The standard InChI is InChI=1S/C30H18F6N2O2/c1-17-7-9-19(10-8-17)27-38-23-16-21(12-14-25(23)40-27)28(29(31,32)33,30(34,35)36)20-11-13-24-22(15-20)37-26(39-24)18-5-3-2-4-6-18/h2-16H,1H3. The van der Waals surface area contributed by atoms with Gasteiger partial charge in [0.25, 0.3) is 0 Å². The first-order valence-electron chi connectivity index (χ1n) is 12.1. The molecule has 0 saturated carbocycles. The van der Waals surface area contributed by atoms with Crippen LogP contribution < -0.4 is 0 Å². The summed E-state index contributed by atoms with van der Waals surface area (Å²) in [7, 11) is 0. The third-order valence-electron chi connectivity index (χ3n) is 6.81. The van der Waals surface area contributed by atoms with Crippen molar-refractivity contribution in [1.82, 2.24) is 9.97 Å². The van der Waals surface area contributed by atoms with Gasteiger partial charge in [0, 0.05) is 11.1 Å². The van der Waals surface area contributed by atoms with E-state index in [-0.39, 0.29) is 34.0 Å². The minimum Gasteiger partial charge on any atom is -0.436 e. The molecule has 0 spiro atoms. The van der Waals surface area contributed by atoms with Gasteiger partial charge in [-0.2, -0.15) is 26.3 Å². The van der Waals surface area contributed by atoms with Gasteiger partial charge in [-0.05, 0) is 66.6 Å². The average molecular weight is 552 g/mol. The number of benzene rings is 4. The van der Waals surface area contributed by atoms with Crippen LogP contribution in [0.15, 0.2) is 99.8 Å². The van der Waals surface area contributed by atoms with Crippen LogP contribution in [0.4, 0.5) is 26.3 Å². The second kappa shape index (κ2) is 8.97. The number of fused-ring (bicyclic) bond motifs is 2. The Labute approximate surface area is 222 Å². The van der Waals surface area contributed by atoms with E-state index in [4.69, 9.17) is 8.83 Å². The van der Waals surface area contributed by atoms with E-state index in [0.717, 1.165) is 42.0 Å². The lowest BCUT2D eigenvalue weighted by molar-refractivity contribution is -0.288. The zero-order chi connectivity index (χ0) is 28.3. The summed E-state index contributed by atoms with van der Waals surface area (Å²) in [5, 5.41) is 0. The normalized spacial score (nSPS) is 12.9. The Hall–Kier alpha value is -4.60. The SMILES string of the molecule is Cc1ccc(-c2nc3cc(C(c4ccc5oc(-c6ccccc6)nc5c4)(C(F)(F)F)C(F)(F)F)ccc3o2)cc1. The van der Waals surface area contributed by atoms with Crippen molar-refractivity contribution in [3.63, 3.8) is 0 Å². The van der Waals surface area contributed by atoms with Crippen LogP contribution >= 0.6 is 0 Å². The molecule has 40 heavy (non-hydrogen) atoms. The largest absolute Gasteiger partial charge is 0.436 e. The lowest BCUT2D eigenvalue weighted by Gasteiger charge is -2.38. The summed E-state index contributed by atoms with van der Waals surface area (Å²) < 4.78 is 100. The highest BCUT2D eigenvalue weighted by molar-refractivity contribution is 5.80. The van der Waals surface area contributed by atoms with Gasteiger partial charge in [0.2, 0.25) is 17.2 Å². The first-order valence-corrected chi connectivity index (χ1v) is 12.1. The highest BCUT2D eigenvalue weighted by Crippen LogP contribution is 2.56. The Kier molecular flexibility index (Phi) is 5.76. The molecule has 0 amide bonds. The molecule has 2 heterocycles. The lowest BCUT2D eigenvalue weighted by Crippen LogP contribution is -2.54. The fourth-order valence-electron chi connectivity index (χ4n) is 4.83. The van der Waals surface area contributed by atoms with Gasteiger partial charge < -0.3 is 8.83 Å². The molecular weight excluding hydrogens is 534 g/mol. The van der Waals surface area contributed by atoms with E-state index in [1.165, 1.54) is 0 Å². The van der Waals surface area contributed by atoms with Crippen molar-refractivity contribution in [2.75, 3.05) is 0 Å². The molecule has 202 valence electrons. The van der Waals surface area contributed by atoms with Crippen LogP contribution in [0.2, 0.25) is 0 Å². The summed E-state index contributed by atoms with van der Waals surface area (Å²) in [4.78, 5) is 8.38. The molecule has 0 bridgehead atoms. The lowest BCUT2D eigenvalue weighted by atomic mass is 9.72. The number of aryl methyl sites for hydroxylation is 1. The zero-order valence-electron chi connectivity index (χ0n) is 20.6. The molecule has 6 aromatic rings. The van der Waals surface area contributed by atoms with Crippen molar-refractivity contribution < 1.29 is 35.2 Å². The summed E-state index contributed by atoms with van der Waals surface area (Å²) in [6, 6.07) is 20.7. The Balaban J connectivity index is 1.54. The summed E-state index contributed by atoms with van der Waals surface area (Å²) in [6.45, 7) is 1.87. The van der Waals surface area contributed by atoms with Crippen LogP contribution in [0.5, 0.6) is 0 Å². The third-order valence-corrected chi connectivity index (χ3v) is 6.81. The first-order chi connectivity index (χ1) is 19.0. The van der Waals surface area contributed by atoms with Gasteiger partial charge in [-0.25, -0.2) is 9.97 Å². The van der Waals surface area contributed by atoms with E-state index >= 15 is 0 Å². The summed E-state index contributed by atoms with van der Waals surface area (Å²) >= 11 is 0. The molecule has 0 N–H and O–H groups in total. The predicted octanol–water partition coefficient (Wildman–Crippen LogP) is 9.02. The molecule has 6 rings (SSSR count). The van der Waals surface area contributed by atoms with E-state index in [1.54, 1.807) is 54.6 Å². The van der Waals surface area contributed by atoms with Crippen molar-refractivity contribution in [2.45, 2.75) is 24.7 Å². The summed E-state index contributed by atoms with van der Waals surface area (Å²) in [6.07, 6.45) is -11.6. The van der Waals surface area contributed by atoms with Crippen LogP contribution in [-0.4, -0.2) is 22.3 Å². The first kappa shape index (κ1) is 25.7. The second-order valence-electron chi connectivity index (χ2n) is 9.38. The number of alkyl halides is 6. The smallest absolute Gasteiger partial charge is 0.411 e. The van der Waals surface area contributed by atoms with Crippen molar-refractivity contribution in [3.8, 4) is 22.9 Å². The Morgan fingerprint density at radius 1 is 0.550 bits per heavy atom. The van der Waals surface area contributed by atoms with E-state index in [2.05, 4.69) is 9.97 Å². The Bertz CT molecular complexity index is 1820. The minimum atomic E-state index is -5.78. The maximum atomic E-state index is 14.8. The van der Waals surface area contributed by atoms with Crippen LogP contribution in [0, 0.1) is 6.92 Å². The fourth-order valence-corrected chi connectivity index (χ4v) is 4.83. The number of hydrogen-bond donors (Lipinski definition) is 0. The average Bonchev–Trinajstić information content (AvgIpc) is 3.52. The second-order valence-corrected chi connectivity index (χ2v) is 9.38. The van der Waals surface area contributed by atoms with E-state index < -0.39 is 28.9 Å². The quantitative estimate of drug-likeness (QED) is 0.205. The monoisotopic (exact) mass is 552 g/mol. The maximum Gasteiger partial charge on any atom is 0.411 e. The molecule has 0 radical (unpaired) electrons. The van der Waals surface area contributed by atoms with Gasteiger partial charge in [0.05, 0.1) is 0 Å². The third kappa shape index (κ3) is 4.02. The number of oxazole rings is 2. The number of aromatic nitrogens is 2. The number of halogens is 6. The van der Waals surface area contributed by atoms with Crippen molar-refractivity contribution in [2.24, 2.45) is 0 Å². The van der Waals surface area contributed by atoms with Crippen molar-refractivity contribution in [3.05, 3.63) is 108 Å². The summed E-state index contributed by atoms with van der Waals surface area (Å²) in [5.41, 5.74) is -4.62. The summed E-state index contributed by atoms with van der Waals surface area (Å²) in [5.74, 6) is 0.152. The van der Waals surface area contributed by atoms with E-state index in [9.17, 15) is 26.3 Å². The molecule has 0 aliphatic rings. The molecule has 0 aliphatic heterocycles. The topological polar surface area (TPSA) is 52.1 Å². The number of nitrogens with zero attached hydrogens (tertiary/aromatic N) is 2. The Morgan fingerprint density at radius 2 is 1.00 bits per heavy atom. The van der Waals surface area contributed by atoms with Gasteiger partial charge in [-0.15, -0.1) is 0 Å². The highest BCUT2D eigenvalue weighted by Gasteiger charge is 2.72. The van der Waals surface area contributed by atoms with Crippen molar-refractivity contribution in [1.29, 1.82) is 0 Å². The van der Waals surface area contributed by atoms with Gasteiger partial charge in [0.1, 0.15) is 11.0 Å². The maximum absolute atomic E-state index is 14.8. The molecule has 2 aromatic heterocycles. The molecule has 0 atom stereocenters. The number of rotatable bonds is 4. The number of hydrogen-bond acceptors (Lipinski definition) is 4. The van der Waals surface area contributed by atoms with Crippen LogP contribution in [-0.2, 0) is 5.41 Å². The van der Waals surface area contributed by atoms with Gasteiger partial charge in [-0.3, -0.25) is 0 Å².